The van der Waals surface area contributed by atoms with Crippen LogP contribution in [0.25, 0.3) is 0 Å². The van der Waals surface area contributed by atoms with E-state index in [4.69, 9.17) is 15.8 Å². The van der Waals surface area contributed by atoms with Gasteiger partial charge in [0.1, 0.15) is 18.2 Å². The summed E-state index contributed by atoms with van der Waals surface area (Å²) in [5.74, 6) is 0. The van der Waals surface area contributed by atoms with Crippen molar-refractivity contribution in [3.8, 4) is 18.2 Å². The van der Waals surface area contributed by atoms with Crippen molar-refractivity contribution in [3.63, 3.8) is 0 Å². The van der Waals surface area contributed by atoms with Gasteiger partial charge in [-0.2, -0.15) is 20.9 Å². The molecule has 0 bridgehead atoms. The van der Waals surface area contributed by atoms with E-state index >= 15 is 0 Å². The van der Waals surface area contributed by atoms with E-state index in [0.29, 0.717) is 10.6 Å². The molecule has 1 aliphatic carbocycles. The molecule has 0 N–H and O–H groups in total. The topological polar surface area (TPSA) is 96.1 Å². The van der Waals surface area contributed by atoms with Gasteiger partial charge in [-0.15, -0.1) is 16.5 Å². The zero-order valence-corrected chi connectivity index (χ0v) is 10.4. The number of rotatable bonds is 2. The summed E-state index contributed by atoms with van der Waals surface area (Å²) in [5.41, 5.74) is 1.64. The first-order valence-electron chi connectivity index (χ1n) is 5.55. The van der Waals surface area contributed by atoms with Gasteiger partial charge < -0.3 is 0 Å². The van der Waals surface area contributed by atoms with Crippen molar-refractivity contribution in [2.24, 2.45) is 10.2 Å². The summed E-state index contributed by atoms with van der Waals surface area (Å²) in [6.45, 7) is 0. The molecule has 0 unspecified atom stereocenters. The van der Waals surface area contributed by atoms with Crippen LogP contribution in [0.2, 0.25) is 0 Å². The van der Waals surface area contributed by atoms with Crippen LogP contribution in [-0.2, 0) is 12.8 Å². The maximum atomic E-state index is 9.17. The van der Waals surface area contributed by atoms with Crippen molar-refractivity contribution in [1.82, 2.24) is 0 Å². The Hall–Kier alpha value is -2.23. The van der Waals surface area contributed by atoms with Gasteiger partial charge in [0, 0.05) is 4.88 Å². The zero-order chi connectivity index (χ0) is 13.0. The minimum absolute atomic E-state index is 0.528. The first-order chi connectivity index (χ1) is 8.80. The maximum Gasteiger partial charge on any atom is 0.242 e. The second-order valence-electron chi connectivity index (χ2n) is 3.88. The standard InChI is InChI=1S/C12H9N5S/c13-5-8(6-14)16-17-12-10(7-15)9-3-1-2-4-11(9)18-12/h8H,1-4H2. The summed E-state index contributed by atoms with van der Waals surface area (Å²) >= 11 is 1.45. The Bertz CT molecular complexity index is 594. The average molecular weight is 255 g/mol. The average Bonchev–Trinajstić information content (AvgIpc) is 2.77. The van der Waals surface area contributed by atoms with Crippen molar-refractivity contribution in [2.45, 2.75) is 31.7 Å². The monoisotopic (exact) mass is 255 g/mol. The van der Waals surface area contributed by atoms with Crippen LogP contribution in [0.5, 0.6) is 0 Å². The van der Waals surface area contributed by atoms with Crippen molar-refractivity contribution >= 4 is 16.3 Å². The van der Waals surface area contributed by atoms with E-state index in [9.17, 15) is 0 Å². The third kappa shape index (κ3) is 2.22. The van der Waals surface area contributed by atoms with E-state index in [-0.39, 0.29) is 0 Å². The lowest BCUT2D eigenvalue weighted by Crippen LogP contribution is -1.99. The fraction of sp³-hybridized carbons (Fsp3) is 0.417. The van der Waals surface area contributed by atoms with Crippen LogP contribution in [0.4, 0.5) is 5.00 Å². The maximum absolute atomic E-state index is 9.17. The van der Waals surface area contributed by atoms with E-state index < -0.39 is 6.04 Å². The van der Waals surface area contributed by atoms with Gasteiger partial charge >= 0.3 is 0 Å². The molecule has 0 fully saturated rings. The van der Waals surface area contributed by atoms with Crippen molar-refractivity contribution < 1.29 is 0 Å². The summed E-state index contributed by atoms with van der Waals surface area (Å²) in [6.07, 6.45) is 4.11. The highest BCUT2D eigenvalue weighted by Gasteiger charge is 2.20. The molecule has 1 aromatic heterocycles. The number of azo groups is 1. The molecule has 6 heteroatoms. The molecule has 0 atom stereocenters. The number of nitriles is 3. The molecule has 0 saturated carbocycles. The number of aryl methyl sites for hydroxylation is 1. The Morgan fingerprint density at radius 1 is 1.11 bits per heavy atom. The van der Waals surface area contributed by atoms with Crippen LogP contribution in [0.1, 0.15) is 28.8 Å². The predicted molar refractivity (Wildman–Crippen MR) is 65.2 cm³/mol. The van der Waals surface area contributed by atoms with Gasteiger partial charge in [0.05, 0.1) is 5.56 Å². The molecule has 0 spiro atoms. The Labute approximate surface area is 109 Å². The SMILES string of the molecule is N#Cc1c(N=NC(C#N)C#N)sc2c1CCCC2. The summed E-state index contributed by atoms with van der Waals surface area (Å²) < 4.78 is 0. The van der Waals surface area contributed by atoms with E-state index in [1.807, 2.05) is 0 Å². The van der Waals surface area contributed by atoms with E-state index in [1.54, 1.807) is 12.1 Å². The lowest BCUT2D eigenvalue weighted by Gasteiger charge is -2.09. The Balaban J connectivity index is 2.36. The highest BCUT2D eigenvalue weighted by molar-refractivity contribution is 7.16. The third-order valence-corrected chi connectivity index (χ3v) is 3.95. The molecular formula is C12H9N5S. The number of fused-ring (bicyclic) bond motifs is 1. The number of hydrogen-bond acceptors (Lipinski definition) is 6. The molecule has 1 aliphatic rings. The van der Waals surface area contributed by atoms with Crippen molar-refractivity contribution in [2.75, 3.05) is 0 Å². The van der Waals surface area contributed by atoms with Gasteiger partial charge in [-0.25, -0.2) is 0 Å². The summed E-state index contributed by atoms with van der Waals surface area (Å²) in [6, 6.07) is 4.50. The van der Waals surface area contributed by atoms with Crippen LogP contribution in [0.15, 0.2) is 10.2 Å². The molecule has 0 aromatic carbocycles. The van der Waals surface area contributed by atoms with Gasteiger partial charge in [0.2, 0.25) is 6.04 Å². The minimum atomic E-state index is -1.10. The highest BCUT2D eigenvalue weighted by Crippen LogP contribution is 2.39. The minimum Gasteiger partial charge on any atom is -0.195 e. The van der Waals surface area contributed by atoms with Gasteiger partial charge in [-0.05, 0) is 31.2 Å². The van der Waals surface area contributed by atoms with Crippen molar-refractivity contribution in [1.29, 1.82) is 15.8 Å². The molecule has 1 heterocycles. The molecule has 2 rings (SSSR count). The van der Waals surface area contributed by atoms with Crippen LogP contribution >= 0.6 is 11.3 Å². The Morgan fingerprint density at radius 3 is 2.50 bits per heavy atom. The Kier molecular flexibility index (Phi) is 3.67. The molecule has 1 aromatic rings. The molecule has 0 amide bonds. The van der Waals surface area contributed by atoms with Gasteiger partial charge in [-0.3, -0.25) is 0 Å². The summed E-state index contributed by atoms with van der Waals surface area (Å²) in [4.78, 5) is 1.19. The molecule has 0 aliphatic heterocycles. The molecule has 0 radical (unpaired) electrons. The second kappa shape index (κ2) is 5.40. The normalized spacial score (nSPS) is 13.9. The van der Waals surface area contributed by atoms with Gasteiger partial charge in [-0.1, -0.05) is 0 Å². The summed E-state index contributed by atoms with van der Waals surface area (Å²) in [5, 5.41) is 34.5. The second-order valence-corrected chi connectivity index (χ2v) is 4.96. The molecule has 5 nitrogen and oxygen atoms in total. The first kappa shape index (κ1) is 12.2. The third-order valence-electron chi connectivity index (χ3n) is 2.77. The van der Waals surface area contributed by atoms with Gasteiger partial charge in [0.15, 0.2) is 5.00 Å². The number of nitrogens with zero attached hydrogens (tertiary/aromatic N) is 5. The fourth-order valence-corrected chi connectivity index (χ4v) is 3.09. The van der Waals surface area contributed by atoms with Crippen molar-refractivity contribution in [3.05, 3.63) is 16.0 Å². The molecule has 18 heavy (non-hydrogen) atoms. The van der Waals surface area contributed by atoms with E-state index in [2.05, 4.69) is 16.3 Å². The predicted octanol–water partition coefficient (Wildman–Crippen LogP) is 3.00. The first-order valence-corrected chi connectivity index (χ1v) is 6.36. The van der Waals surface area contributed by atoms with Crippen LogP contribution in [0, 0.1) is 34.0 Å². The smallest absolute Gasteiger partial charge is 0.195 e. The quantitative estimate of drug-likeness (QED) is 0.760. The highest BCUT2D eigenvalue weighted by atomic mass is 32.1. The van der Waals surface area contributed by atoms with Crippen LogP contribution in [0.3, 0.4) is 0 Å². The summed E-state index contributed by atoms with van der Waals surface area (Å²) in [7, 11) is 0. The van der Waals surface area contributed by atoms with E-state index in [1.165, 1.54) is 16.2 Å². The van der Waals surface area contributed by atoms with Crippen LogP contribution < -0.4 is 0 Å². The molecule has 88 valence electrons. The number of hydrogen-bond donors (Lipinski definition) is 0. The van der Waals surface area contributed by atoms with Gasteiger partial charge in [0.25, 0.3) is 0 Å². The fourth-order valence-electron chi connectivity index (χ4n) is 1.93. The largest absolute Gasteiger partial charge is 0.242 e. The van der Waals surface area contributed by atoms with Crippen LogP contribution in [-0.4, -0.2) is 6.04 Å². The van der Waals surface area contributed by atoms with E-state index in [0.717, 1.165) is 31.2 Å². The molecular weight excluding hydrogens is 246 g/mol. The lowest BCUT2D eigenvalue weighted by atomic mass is 9.96. The lowest BCUT2D eigenvalue weighted by molar-refractivity contribution is 0.696. The zero-order valence-electron chi connectivity index (χ0n) is 9.55. The molecule has 0 saturated heterocycles. The Morgan fingerprint density at radius 2 is 1.83 bits per heavy atom. The number of thiophene rings is 1.